The SMILES string of the molecule is C=C[C@H](CCC)B1OC(C)(C)C(C)(C)O1. The van der Waals surface area contributed by atoms with Gasteiger partial charge in [0.2, 0.25) is 0 Å². The van der Waals surface area contributed by atoms with Crippen molar-refractivity contribution in [2.24, 2.45) is 0 Å². The molecular formula is C12H23BO2. The Morgan fingerprint density at radius 2 is 1.67 bits per heavy atom. The van der Waals surface area contributed by atoms with Gasteiger partial charge in [0.25, 0.3) is 0 Å². The summed E-state index contributed by atoms with van der Waals surface area (Å²) in [6.07, 6.45) is 4.15. The topological polar surface area (TPSA) is 18.5 Å². The van der Waals surface area contributed by atoms with Gasteiger partial charge in [-0.2, -0.15) is 0 Å². The third-order valence-electron chi connectivity index (χ3n) is 3.55. The van der Waals surface area contributed by atoms with Crippen LogP contribution < -0.4 is 0 Å². The van der Waals surface area contributed by atoms with Gasteiger partial charge in [-0.25, -0.2) is 0 Å². The van der Waals surface area contributed by atoms with Crippen LogP contribution in [0.5, 0.6) is 0 Å². The van der Waals surface area contributed by atoms with E-state index in [4.69, 9.17) is 9.31 Å². The predicted molar refractivity (Wildman–Crippen MR) is 64.9 cm³/mol. The van der Waals surface area contributed by atoms with Crippen LogP contribution in [0.1, 0.15) is 47.5 Å². The van der Waals surface area contributed by atoms with Crippen LogP contribution in [0.25, 0.3) is 0 Å². The molecule has 0 amide bonds. The van der Waals surface area contributed by atoms with Crippen molar-refractivity contribution in [2.45, 2.75) is 64.5 Å². The molecule has 0 aromatic carbocycles. The standard InChI is InChI=1S/C12H23BO2/c1-7-9-10(8-2)13-14-11(3,4)12(5,6)15-13/h8,10H,2,7,9H2,1,3-6H3/t10-/m1/s1. The van der Waals surface area contributed by atoms with Crippen LogP contribution in [-0.2, 0) is 9.31 Å². The molecular weight excluding hydrogens is 187 g/mol. The van der Waals surface area contributed by atoms with Crippen LogP contribution in [0.15, 0.2) is 12.7 Å². The predicted octanol–water partition coefficient (Wildman–Crippen LogP) is 3.43. The molecule has 0 aliphatic carbocycles. The van der Waals surface area contributed by atoms with E-state index >= 15 is 0 Å². The van der Waals surface area contributed by atoms with Gasteiger partial charge in [0, 0.05) is 5.82 Å². The van der Waals surface area contributed by atoms with E-state index in [0.717, 1.165) is 12.8 Å². The van der Waals surface area contributed by atoms with Crippen molar-refractivity contribution in [3.8, 4) is 0 Å². The molecule has 2 nitrogen and oxygen atoms in total. The van der Waals surface area contributed by atoms with Crippen LogP contribution in [0.2, 0.25) is 5.82 Å². The van der Waals surface area contributed by atoms with Gasteiger partial charge in [-0.15, -0.1) is 6.58 Å². The molecule has 1 aliphatic rings. The quantitative estimate of drug-likeness (QED) is 0.522. The van der Waals surface area contributed by atoms with Crippen molar-refractivity contribution in [1.82, 2.24) is 0 Å². The zero-order chi connectivity index (χ0) is 11.7. The Morgan fingerprint density at radius 3 is 2.00 bits per heavy atom. The number of allylic oxidation sites excluding steroid dienone is 1. The van der Waals surface area contributed by atoms with Gasteiger partial charge in [0.15, 0.2) is 0 Å². The first kappa shape index (κ1) is 12.8. The Hall–Kier alpha value is -0.275. The maximum atomic E-state index is 5.98. The Morgan fingerprint density at radius 1 is 1.20 bits per heavy atom. The van der Waals surface area contributed by atoms with Gasteiger partial charge in [-0.3, -0.25) is 0 Å². The minimum atomic E-state index is -0.229. The maximum absolute atomic E-state index is 5.98. The maximum Gasteiger partial charge on any atom is 0.465 e. The second-order valence-electron chi connectivity index (χ2n) is 5.31. The summed E-state index contributed by atoms with van der Waals surface area (Å²) in [5.74, 6) is 0.302. The molecule has 0 N–H and O–H groups in total. The molecule has 1 atom stereocenters. The van der Waals surface area contributed by atoms with E-state index in [0.29, 0.717) is 5.82 Å². The summed E-state index contributed by atoms with van der Waals surface area (Å²) in [6.45, 7) is 14.4. The average Bonchev–Trinajstić information content (AvgIpc) is 2.32. The van der Waals surface area contributed by atoms with Crippen molar-refractivity contribution in [2.75, 3.05) is 0 Å². The molecule has 0 unspecified atom stereocenters. The molecule has 3 heteroatoms. The summed E-state index contributed by atoms with van der Waals surface area (Å²) in [5.41, 5.74) is -0.459. The molecule has 86 valence electrons. The van der Waals surface area contributed by atoms with Gasteiger partial charge < -0.3 is 9.31 Å². The smallest absolute Gasteiger partial charge is 0.403 e. The van der Waals surface area contributed by atoms with E-state index in [9.17, 15) is 0 Å². The van der Waals surface area contributed by atoms with E-state index in [1.807, 2.05) is 6.08 Å². The van der Waals surface area contributed by atoms with Gasteiger partial charge >= 0.3 is 7.12 Å². The number of hydrogen-bond acceptors (Lipinski definition) is 2. The lowest BCUT2D eigenvalue weighted by atomic mass is 9.69. The highest BCUT2D eigenvalue weighted by Gasteiger charge is 2.52. The fourth-order valence-corrected chi connectivity index (χ4v) is 1.76. The highest BCUT2D eigenvalue weighted by atomic mass is 16.7. The van der Waals surface area contributed by atoms with E-state index in [1.165, 1.54) is 0 Å². The zero-order valence-corrected chi connectivity index (χ0v) is 10.7. The molecule has 0 radical (unpaired) electrons. The monoisotopic (exact) mass is 210 g/mol. The summed E-state index contributed by atoms with van der Waals surface area (Å²) in [7, 11) is -0.132. The molecule has 0 aromatic heterocycles. The summed E-state index contributed by atoms with van der Waals surface area (Å²) < 4.78 is 12.0. The normalized spacial score (nSPS) is 25.3. The molecule has 15 heavy (non-hydrogen) atoms. The van der Waals surface area contributed by atoms with Crippen LogP contribution in [0.3, 0.4) is 0 Å². The van der Waals surface area contributed by atoms with Crippen molar-refractivity contribution in [1.29, 1.82) is 0 Å². The average molecular weight is 210 g/mol. The Kier molecular flexibility index (Phi) is 3.67. The Balaban J connectivity index is 2.72. The highest BCUT2D eigenvalue weighted by molar-refractivity contribution is 6.48. The minimum Gasteiger partial charge on any atom is -0.403 e. The molecule has 1 rings (SSSR count). The minimum absolute atomic E-state index is 0.132. The summed E-state index contributed by atoms with van der Waals surface area (Å²) >= 11 is 0. The molecule has 1 heterocycles. The first-order valence-electron chi connectivity index (χ1n) is 5.82. The van der Waals surface area contributed by atoms with Gasteiger partial charge in [-0.1, -0.05) is 19.4 Å². The zero-order valence-electron chi connectivity index (χ0n) is 10.7. The molecule has 1 aliphatic heterocycles. The summed E-state index contributed by atoms with van der Waals surface area (Å²) in [6, 6.07) is 0. The van der Waals surface area contributed by atoms with Gasteiger partial charge in [0.1, 0.15) is 0 Å². The van der Waals surface area contributed by atoms with Crippen LogP contribution in [-0.4, -0.2) is 18.3 Å². The lowest BCUT2D eigenvalue weighted by Crippen LogP contribution is -2.41. The van der Waals surface area contributed by atoms with E-state index < -0.39 is 0 Å². The van der Waals surface area contributed by atoms with E-state index in [-0.39, 0.29) is 18.3 Å². The molecule has 1 saturated heterocycles. The highest BCUT2D eigenvalue weighted by Crippen LogP contribution is 2.41. The fourth-order valence-electron chi connectivity index (χ4n) is 1.76. The first-order valence-corrected chi connectivity index (χ1v) is 5.82. The largest absolute Gasteiger partial charge is 0.465 e. The number of hydrogen-bond donors (Lipinski definition) is 0. The second-order valence-corrected chi connectivity index (χ2v) is 5.31. The summed E-state index contributed by atoms with van der Waals surface area (Å²) in [5, 5.41) is 0. The van der Waals surface area contributed by atoms with Gasteiger partial charge in [-0.05, 0) is 34.1 Å². The van der Waals surface area contributed by atoms with Crippen molar-refractivity contribution >= 4 is 7.12 Å². The Labute approximate surface area is 94.2 Å². The van der Waals surface area contributed by atoms with Crippen molar-refractivity contribution in [3.05, 3.63) is 12.7 Å². The van der Waals surface area contributed by atoms with Crippen LogP contribution >= 0.6 is 0 Å². The number of rotatable bonds is 4. The molecule has 0 spiro atoms. The molecule has 0 aromatic rings. The summed E-state index contributed by atoms with van der Waals surface area (Å²) in [4.78, 5) is 0. The fraction of sp³-hybridized carbons (Fsp3) is 0.833. The lowest BCUT2D eigenvalue weighted by Gasteiger charge is -2.32. The molecule has 0 saturated carbocycles. The van der Waals surface area contributed by atoms with Gasteiger partial charge in [0.05, 0.1) is 11.2 Å². The molecule has 1 fully saturated rings. The van der Waals surface area contributed by atoms with Crippen molar-refractivity contribution < 1.29 is 9.31 Å². The third-order valence-corrected chi connectivity index (χ3v) is 3.55. The molecule has 0 bridgehead atoms. The van der Waals surface area contributed by atoms with E-state index in [1.54, 1.807) is 0 Å². The van der Waals surface area contributed by atoms with Crippen LogP contribution in [0, 0.1) is 0 Å². The van der Waals surface area contributed by atoms with Crippen LogP contribution in [0.4, 0.5) is 0 Å². The third kappa shape index (κ3) is 2.45. The second kappa shape index (κ2) is 4.30. The Bertz CT molecular complexity index is 220. The van der Waals surface area contributed by atoms with Crippen molar-refractivity contribution in [3.63, 3.8) is 0 Å². The lowest BCUT2D eigenvalue weighted by molar-refractivity contribution is 0.00578. The van der Waals surface area contributed by atoms with E-state index in [2.05, 4.69) is 41.2 Å². The first-order chi connectivity index (χ1) is 6.84.